The Hall–Kier alpha value is -2.74. The molecule has 0 fully saturated rings. The van der Waals surface area contributed by atoms with Crippen LogP contribution in [0.4, 0.5) is 4.79 Å². The van der Waals surface area contributed by atoms with Crippen LogP contribution < -0.4 is 14.8 Å². The molecule has 3 rings (SSSR count). The standard InChI is InChI=1S/C26H37N3O4S/c1-5-13-27-26(31)28(16-19(3)6-2)17-25(30)29-14-11-24-20(12-15-34-24)21(29)18-33-23-10-8-7-9-22(23)32-4/h7-10,12,15,19,21H,5-6,11,13-14,16-18H2,1-4H3,(H,27,31)/t19-,21-/m0/s1. The number of fused-ring (bicyclic) bond motifs is 1. The van der Waals surface area contributed by atoms with Crippen LogP contribution in [0.25, 0.3) is 0 Å². The second kappa shape index (κ2) is 12.6. The summed E-state index contributed by atoms with van der Waals surface area (Å²) in [5, 5.41) is 5.00. The van der Waals surface area contributed by atoms with Gasteiger partial charge in [0.1, 0.15) is 13.2 Å². The zero-order valence-corrected chi connectivity index (χ0v) is 21.5. The minimum absolute atomic E-state index is 0.0552. The molecule has 1 N–H and O–H groups in total. The predicted molar refractivity (Wildman–Crippen MR) is 136 cm³/mol. The van der Waals surface area contributed by atoms with E-state index in [-0.39, 0.29) is 24.5 Å². The molecule has 3 amide bonds. The van der Waals surface area contributed by atoms with Crippen LogP contribution in [-0.2, 0) is 11.2 Å². The average molecular weight is 488 g/mol. The second-order valence-electron chi connectivity index (χ2n) is 8.74. The lowest BCUT2D eigenvalue weighted by Gasteiger charge is -2.37. The minimum atomic E-state index is -0.212. The van der Waals surface area contributed by atoms with E-state index in [1.807, 2.05) is 36.1 Å². The summed E-state index contributed by atoms with van der Waals surface area (Å²) >= 11 is 1.72. The lowest BCUT2D eigenvalue weighted by molar-refractivity contribution is -0.135. The third-order valence-corrected chi connectivity index (χ3v) is 7.25. The van der Waals surface area contributed by atoms with Crippen molar-refractivity contribution in [1.29, 1.82) is 0 Å². The van der Waals surface area contributed by atoms with Crippen LogP contribution >= 0.6 is 11.3 Å². The van der Waals surface area contributed by atoms with Crippen molar-refractivity contribution in [1.82, 2.24) is 15.1 Å². The summed E-state index contributed by atoms with van der Waals surface area (Å²) in [6, 6.07) is 9.22. The maximum atomic E-state index is 13.6. The number of ether oxygens (including phenoxy) is 2. The summed E-state index contributed by atoms with van der Waals surface area (Å²) < 4.78 is 11.6. The molecule has 0 saturated heterocycles. The van der Waals surface area contributed by atoms with Crippen LogP contribution in [0.2, 0.25) is 0 Å². The Balaban J connectivity index is 1.77. The molecular weight excluding hydrogens is 450 g/mol. The minimum Gasteiger partial charge on any atom is -0.493 e. The molecule has 0 unspecified atom stereocenters. The number of hydrogen-bond donors (Lipinski definition) is 1. The number of amides is 3. The Labute approximate surface area is 207 Å². The van der Waals surface area contributed by atoms with Gasteiger partial charge in [0.15, 0.2) is 11.5 Å². The lowest BCUT2D eigenvalue weighted by atomic mass is 10.00. The molecule has 8 heteroatoms. The molecule has 2 aromatic rings. The number of urea groups is 1. The van der Waals surface area contributed by atoms with Gasteiger partial charge in [-0.05, 0) is 47.9 Å². The van der Waals surface area contributed by atoms with E-state index in [0.29, 0.717) is 43.7 Å². The van der Waals surface area contributed by atoms with E-state index in [4.69, 9.17) is 9.47 Å². The van der Waals surface area contributed by atoms with Gasteiger partial charge in [0.05, 0.1) is 13.2 Å². The number of rotatable bonds is 11. The van der Waals surface area contributed by atoms with Crippen LogP contribution in [-0.4, -0.2) is 61.6 Å². The molecule has 2 heterocycles. The van der Waals surface area contributed by atoms with Crippen LogP contribution in [0.3, 0.4) is 0 Å². The molecule has 1 aliphatic heterocycles. The van der Waals surface area contributed by atoms with Gasteiger partial charge >= 0.3 is 6.03 Å². The molecule has 1 aromatic carbocycles. The summed E-state index contributed by atoms with van der Waals surface area (Å²) in [4.78, 5) is 31.2. The number of benzene rings is 1. The van der Waals surface area contributed by atoms with E-state index in [0.717, 1.165) is 24.8 Å². The third kappa shape index (κ3) is 6.44. The normalized spacial score (nSPS) is 15.9. The van der Waals surface area contributed by atoms with Crippen LogP contribution in [0.1, 0.15) is 50.1 Å². The van der Waals surface area contributed by atoms with Crippen molar-refractivity contribution in [3.8, 4) is 11.5 Å². The van der Waals surface area contributed by atoms with Gasteiger partial charge in [-0.2, -0.15) is 0 Å². The summed E-state index contributed by atoms with van der Waals surface area (Å²) in [5.41, 5.74) is 1.13. The second-order valence-corrected chi connectivity index (χ2v) is 9.74. The molecule has 0 aliphatic carbocycles. The molecular formula is C26H37N3O4S. The monoisotopic (exact) mass is 487 g/mol. The molecule has 34 heavy (non-hydrogen) atoms. The molecule has 0 saturated carbocycles. The van der Waals surface area contributed by atoms with Crippen LogP contribution in [0.15, 0.2) is 35.7 Å². The molecule has 186 valence electrons. The first kappa shape index (κ1) is 25.9. The number of thiophene rings is 1. The first-order chi connectivity index (χ1) is 16.5. The van der Waals surface area contributed by atoms with Gasteiger partial charge in [-0.1, -0.05) is 39.3 Å². The number of carbonyl (C=O) groups is 2. The Morgan fingerprint density at radius 1 is 1.24 bits per heavy atom. The largest absolute Gasteiger partial charge is 0.493 e. The number of nitrogens with one attached hydrogen (secondary N) is 1. The number of carbonyl (C=O) groups excluding carboxylic acids is 2. The zero-order chi connectivity index (χ0) is 24.5. The number of nitrogens with zero attached hydrogens (tertiary/aromatic N) is 2. The van der Waals surface area contributed by atoms with Crippen molar-refractivity contribution < 1.29 is 19.1 Å². The number of para-hydroxylation sites is 2. The first-order valence-corrected chi connectivity index (χ1v) is 13.0. The summed E-state index contributed by atoms with van der Waals surface area (Å²) in [5.74, 6) is 1.57. The maximum Gasteiger partial charge on any atom is 0.317 e. The molecule has 0 spiro atoms. The summed E-state index contributed by atoms with van der Waals surface area (Å²) in [7, 11) is 1.62. The number of hydrogen-bond acceptors (Lipinski definition) is 5. The van der Waals surface area contributed by atoms with E-state index in [1.165, 1.54) is 4.88 Å². The lowest BCUT2D eigenvalue weighted by Crippen LogP contribution is -2.50. The van der Waals surface area contributed by atoms with Crippen molar-refractivity contribution in [2.24, 2.45) is 5.92 Å². The van der Waals surface area contributed by atoms with E-state index in [2.05, 4.69) is 30.6 Å². The highest BCUT2D eigenvalue weighted by atomic mass is 32.1. The molecule has 0 bridgehead atoms. The molecule has 1 aromatic heterocycles. The van der Waals surface area contributed by atoms with Crippen LogP contribution in [0, 0.1) is 5.92 Å². The van der Waals surface area contributed by atoms with Crippen molar-refractivity contribution in [3.05, 3.63) is 46.2 Å². The maximum absolute atomic E-state index is 13.6. The Kier molecular flexibility index (Phi) is 9.62. The van der Waals surface area contributed by atoms with E-state index in [9.17, 15) is 9.59 Å². The quantitative estimate of drug-likeness (QED) is 0.497. The molecule has 2 atom stereocenters. The Morgan fingerprint density at radius 2 is 2.00 bits per heavy atom. The average Bonchev–Trinajstić information content (AvgIpc) is 3.34. The van der Waals surface area contributed by atoms with Crippen molar-refractivity contribution in [2.45, 2.75) is 46.1 Å². The van der Waals surface area contributed by atoms with Gasteiger partial charge in [-0.15, -0.1) is 11.3 Å². The summed E-state index contributed by atoms with van der Waals surface area (Å²) in [6.07, 6.45) is 2.62. The van der Waals surface area contributed by atoms with Gasteiger partial charge in [0, 0.05) is 24.5 Å². The topological polar surface area (TPSA) is 71.1 Å². The fourth-order valence-corrected chi connectivity index (χ4v) is 5.03. The number of methoxy groups -OCH3 is 1. The first-order valence-electron chi connectivity index (χ1n) is 12.1. The molecule has 1 aliphatic rings. The molecule has 7 nitrogen and oxygen atoms in total. The highest BCUT2D eigenvalue weighted by Crippen LogP contribution is 2.35. The Morgan fingerprint density at radius 3 is 2.71 bits per heavy atom. The molecule has 0 radical (unpaired) electrons. The van der Waals surface area contributed by atoms with Gasteiger partial charge < -0.3 is 24.6 Å². The smallest absolute Gasteiger partial charge is 0.317 e. The predicted octanol–water partition coefficient (Wildman–Crippen LogP) is 4.73. The van der Waals surface area contributed by atoms with Crippen molar-refractivity contribution >= 4 is 23.3 Å². The Bertz CT molecular complexity index is 948. The van der Waals surface area contributed by atoms with Gasteiger partial charge in [-0.25, -0.2) is 4.79 Å². The highest BCUT2D eigenvalue weighted by molar-refractivity contribution is 7.10. The van der Waals surface area contributed by atoms with Crippen molar-refractivity contribution in [2.75, 3.05) is 39.9 Å². The third-order valence-electron chi connectivity index (χ3n) is 6.25. The van der Waals surface area contributed by atoms with Crippen LogP contribution in [0.5, 0.6) is 11.5 Å². The summed E-state index contributed by atoms with van der Waals surface area (Å²) in [6.45, 7) is 8.37. The van der Waals surface area contributed by atoms with Gasteiger partial charge in [0.25, 0.3) is 0 Å². The van der Waals surface area contributed by atoms with E-state index >= 15 is 0 Å². The highest BCUT2D eigenvalue weighted by Gasteiger charge is 2.33. The fraction of sp³-hybridized carbons (Fsp3) is 0.538. The van der Waals surface area contributed by atoms with Gasteiger partial charge in [-0.3, -0.25) is 4.79 Å². The SMILES string of the molecule is CCCNC(=O)N(CC(=O)N1CCc2sccc2[C@@H]1COc1ccccc1OC)C[C@@H](C)CC. The van der Waals surface area contributed by atoms with E-state index in [1.54, 1.807) is 23.3 Å². The van der Waals surface area contributed by atoms with E-state index < -0.39 is 0 Å². The zero-order valence-electron chi connectivity index (χ0n) is 20.7. The fourth-order valence-electron chi connectivity index (χ4n) is 4.10. The van der Waals surface area contributed by atoms with Crippen molar-refractivity contribution in [3.63, 3.8) is 0 Å². The van der Waals surface area contributed by atoms with Gasteiger partial charge in [0.2, 0.25) is 5.91 Å².